The van der Waals surface area contributed by atoms with Crippen LogP contribution >= 0.6 is 11.3 Å². The van der Waals surface area contributed by atoms with Gasteiger partial charge in [0.05, 0.1) is 10.7 Å². The van der Waals surface area contributed by atoms with Crippen LogP contribution in [0.4, 0.5) is 0 Å². The first kappa shape index (κ1) is 11.2. The fourth-order valence-corrected chi connectivity index (χ4v) is 1.96. The van der Waals surface area contributed by atoms with E-state index in [4.69, 9.17) is 0 Å². The summed E-state index contributed by atoms with van der Waals surface area (Å²) < 4.78 is 0. The Bertz CT molecular complexity index is 333. The Kier molecular flexibility index (Phi) is 3.63. The van der Waals surface area contributed by atoms with E-state index in [1.54, 1.807) is 0 Å². The lowest BCUT2D eigenvalue weighted by Crippen LogP contribution is -2.31. The zero-order valence-corrected chi connectivity index (χ0v) is 9.86. The molecule has 0 spiro atoms. The number of nitrogens with zero attached hydrogens (tertiary/aromatic N) is 1. The Labute approximate surface area is 88.6 Å². The van der Waals surface area contributed by atoms with Gasteiger partial charge in [-0.25, -0.2) is 4.98 Å². The van der Waals surface area contributed by atoms with Crippen molar-refractivity contribution in [3.05, 3.63) is 15.6 Å². The SMILES string of the molecule is CCC(C)NC(=O)c1sc(C)nc1C. The van der Waals surface area contributed by atoms with Gasteiger partial charge in [-0.2, -0.15) is 0 Å². The van der Waals surface area contributed by atoms with Crippen LogP contribution in [-0.2, 0) is 0 Å². The molecular formula is C10H16N2OS. The van der Waals surface area contributed by atoms with E-state index < -0.39 is 0 Å². The number of amides is 1. The van der Waals surface area contributed by atoms with E-state index in [0.717, 1.165) is 22.0 Å². The van der Waals surface area contributed by atoms with Crippen LogP contribution in [0.15, 0.2) is 0 Å². The van der Waals surface area contributed by atoms with Gasteiger partial charge in [0.25, 0.3) is 5.91 Å². The second kappa shape index (κ2) is 4.55. The summed E-state index contributed by atoms with van der Waals surface area (Å²) in [4.78, 5) is 16.7. The lowest BCUT2D eigenvalue weighted by Gasteiger charge is -2.09. The summed E-state index contributed by atoms with van der Waals surface area (Å²) in [5.41, 5.74) is 0.827. The highest BCUT2D eigenvalue weighted by molar-refractivity contribution is 7.13. The molecule has 0 aromatic carbocycles. The predicted molar refractivity (Wildman–Crippen MR) is 58.8 cm³/mol. The van der Waals surface area contributed by atoms with E-state index in [2.05, 4.69) is 17.2 Å². The minimum Gasteiger partial charge on any atom is -0.349 e. The third kappa shape index (κ3) is 2.54. The van der Waals surface area contributed by atoms with Crippen molar-refractivity contribution >= 4 is 17.2 Å². The quantitative estimate of drug-likeness (QED) is 0.835. The molecule has 1 aromatic heterocycles. The Morgan fingerprint density at radius 3 is 2.64 bits per heavy atom. The minimum absolute atomic E-state index is 0.00227. The summed E-state index contributed by atoms with van der Waals surface area (Å²) in [5, 5.41) is 3.87. The van der Waals surface area contributed by atoms with Gasteiger partial charge in [0.1, 0.15) is 4.88 Å². The Hall–Kier alpha value is -0.900. The smallest absolute Gasteiger partial charge is 0.263 e. The van der Waals surface area contributed by atoms with E-state index in [0.29, 0.717) is 0 Å². The van der Waals surface area contributed by atoms with Gasteiger partial charge in [0.2, 0.25) is 0 Å². The zero-order chi connectivity index (χ0) is 10.7. The molecule has 3 nitrogen and oxygen atoms in total. The molecule has 78 valence electrons. The van der Waals surface area contributed by atoms with Crippen molar-refractivity contribution in [2.45, 2.75) is 40.2 Å². The third-order valence-corrected chi connectivity index (χ3v) is 3.17. The largest absolute Gasteiger partial charge is 0.349 e. The first-order chi connectivity index (χ1) is 6.54. The fourth-order valence-electron chi connectivity index (χ4n) is 1.13. The molecule has 4 heteroatoms. The molecule has 1 heterocycles. The number of nitrogens with one attached hydrogen (secondary N) is 1. The van der Waals surface area contributed by atoms with Crippen molar-refractivity contribution in [3.8, 4) is 0 Å². The van der Waals surface area contributed by atoms with E-state index in [-0.39, 0.29) is 11.9 Å². The average molecular weight is 212 g/mol. The lowest BCUT2D eigenvalue weighted by molar-refractivity contribution is 0.0942. The number of rotatable bonds is 3. The number of hydrogen-bond acceptors (Lipinski definition) is 3. The molecule has 0 saturated heterocycles. The highest BCUT2D eigenvalue weighted by Gasteiger charge is 2.14. The van der Waals surface area contributed by atoms with E-state index in [1.165, 1.54) is 11.3 Å². The Balaban J connectivity index is 2.74. The van der Waals surface area contributed by atoms with Crippen LogP contribution in [0.3, 0.4) is 0 Å². The summed E-state index contributed by atoms with van der Waals surface area (Å²) >= 11 is 1.45. The van der Waals surface area contributed by atoms with Gasteiger partial charge in [-0.15, -0.1) is 11.3 Å². The second-order valence-electron chi connectivity index (χ2n) is 3.43. The van der Waals surface area contributed by atoms with Crippen molar-refractivity contribution in [2.75, 3.05) is 0 Å². The summed E-state index contributed by atoms with van der Waals surface area (Å²) in [6.45, 7) is 7.84. The molecule has 1 unspecified atom stereocenters. The highest BCUT2D eigenvalue weighted by Crippen LogP contribution is 2.16. The van der Waals surface area contributed by atoms with Crippen molar-refractivity contribution in [2.24, 2.45) is 0 Å². The molecular weight excluding hydrogens is 196 g/mol. The molecule has 0 aliphatic rings. The van der Waals surface area contributed by atoms with Gasteiger partial charge >= 0.3 is 0 Å². The third-order valence-electron chi connectivity index (χ3n) is 2.10. The first-order valence-corrected chi connectivity index (χ1v) is 5.61. The molecule has 0 saturated carbocycles. The molecule has 1 amide bonds. The van der Waals surface area contributed by atoms with Gasteiger partial charge in [0, 0.05) is 6.04 Å². The summed E-state index contributed by atoms with van der Waals surface area (Å²) in [5.74, 6) is 0.00227. The van der Waals surface area contributed by atoms with E-state index in [9.17, 15) is 4.79 Å². The maximum absolute atomic E-state index is 11.7. The molecule has 1 rings (SSSR count). The fraction of sp³-hybridized carbons (Fsp3) is 0.600. The second-order valence-corrected chi connectivity index (χ2v) is 4.63. The topological polar surface area (TPSA) is 42.0 Å². The van der Waals surface area contributed by atoms with Crippen LogP contribution in [0.1, 0.15) is 40.6 Å². The monoisotopic (exact) mass is 212 g/mol. The lowest BCUT2D eigenvalue weighted by atomic mass is 10.2. The molecule has 1 N–H and O–H groups in total. The Morgan fingerprint density at radius 1 is 1.57 bits per heavy atom. The zero-order valence-electron chi connectivity index (χ0n) is 9.05. The van der Waals surface area contributed by atoms with Gasteiger partial charge in [-0.1, -0.05) is 6.92 Å². The number of carbonyl (C=O) groups excluding carboxylic acids is 1. The number of aryl methyl sites for hydroxylation is 2. The van der Waals surface area contributed by atoms with Gasteiger partial charge in [-0.3, -0.25) is 4.79 Å². The Morgan fingerprint density at radius 2 is 2.21 bits per heavy atom. The van der Waals surface area contributed by atoms with Crippen molar-refractivity contribution in [3.63, 3.8) is 0 Å². The van der Waals surface area contributed by atoms with Gasteiger partial charge in [0.15, 0.2) is 0 Å². The van der Waals surface area contributed by atoms with Gasteiger partial charge in [-0.05, 0) is 27.2 Å². The van der Waals surface area contributed by atoms with Crippen molar-refractivity contribution < 1.29 is 4.79 Å². The molecule has 0 aliphatic carbocycles. The predicted octanol–water partition coefficient (Wildman–Crippen LogP) is 2.29. The van der Waals surface area contributed by atoms with Crippen LogP contribution in [-0.4, -0.2) is 16.9 Å². The average Bonchev–Trinajstić information content (AvgIpc) is 2.45. The number of hydrogen-bond donors (Lipinski definition) is 1. The number of thiazole rings is 1. The normalized spacial score (nSPS) is 12.6. The maximum Gasteiger partial charge on any atom is 0.263 e. The maximum atomic E-state index is 11.7. The minimum atomic E-state index is 0.00227. The van der Waals surface area contributed by atoms with E-state index in [1.807, 2.05) is 20.8 Å². The molecule has 0 bridgehead atoms. The molecule has 1 aromatic rings. The molecule has 0 aliphatic heterocycles. The van der Waals surface area contributed by atoms with Crippen molar-refractivity contribution in [1.29, 1.82) is 0 Å². The first-order valence-electron chi connectivity index (χ1n) is 4.79. The molecule has 1 atom stereocenters. The highest BCUT2D eigenvalue weighted by atomic mass is 32.1. The van der Waals surface area contributed by atoms with Crippen molar-refractivity contribution in [1.82, 2.24) is 10.3 Å². The van der Waals surface area contributed by atoms with Crippen LogP contribution in [0.2, 0.25) is 0 Å². The van der Waals surface area contributed by atoms with E-state index >= 15 is 0 Å². The van der Waals surface area contributed by atoms with Gasteiger partial charge < -0.3 is 5.32 Å². The molecule has 0 fully saturated rings. The number of carbonyl (C=O) groups is 1. The van der Waals surface area contributed by atoms with Crippen LogP contribution in [0, 0.1) is 13.8 Å². The standard InChI is InChI=1S/C10H16N2OS/c1-5-6(2)11-10(13)9-7(3)12-8(4)14-9/h6H,5H2,1-4H3,(H,11,13). The summed E-state index contributed by atoms with van der Waals surface area (Å²) in [6.07, 6.45) is 0.947. The van der Waals surface area contributed by atoms with Crippen LogP contribution in [0.25, 0.3) is 0 Å². The molecule has 0 radical (unpaired) electrons. The number of aromatic nitrogens is 1. The summed E-state index contributed by atoms with van der Waals surface area (Å²) in [6, 6.07) is 0.226. The van der Waals surface area contributed by atoms with Crippen LogP contribution in [0.5, 0.6) is 0 Å². The molecule has 14 heavy (non-hydrogen) atoms. The van der Waals surface area contributed by atoms with Crippen LogP contribution < -0.4 is 5.32 Å². The summed E-state index contributed by atoms with van der Waals surface area (Å²) in [7, 11) is 0.